The van der Waals surface area contributed by atoms with Gasteiger partial charge in [-0.05, 0) is 29.8 Å². The molecule has 0 atom stereocenters. The smallest absolute Gasteiger partial charge is 0.258 e. The van der Waals surface area contributed by atoms with Crippen molar-refractivity contribution in [2.24, 2.45) is 0 Å². The minimum Gasteiger partial charge on any atom is -0.311 e. The number of rotatable bonds is 1. The zero-order valence-electron chi connectivity index (χ0n) is 10.4. The second-order valence-electron chi connectivity index (χ2n) is 4.49. The highest BCUT2D eigenvalue weighted by Gasteiger charge is 2.29. The Labute approximate surface area is 116 Å². The van der Waals surface area contributed by atoms with Gasteiger partial charge in [0.1, 0.15) is 0 Å². The Kier molecular flexibility index (Phi) is 2.88. The Morgan fingerprint density at radius 2 is 1.84 bits per heavy atom. The molecule has 0 saturated heterocycles. The molecule has 0 saturated carbocycles. The van der Waals surface area contributed by atoms with Crippen LogP contribution < -0.4 is 4.90 Å². The number of carbonyl (C=O) groups excluding carboxylic acids is 1. The van der Waals surface area contributed by atoms with E-state index in [-0.39, 0.29) is 5.91 Å². The molecule has 0 spiro atoms. The molecule has 0 aliphatic carbocycles. The second-order valence-corrected chi connectivity index (χ2v) is 4.93. The van der Waals surface area contributed by atoms with Crippen LogP contribution in [0.25, 0.3) is 11.6 Å². The summed E-state index contributed by atoms with van der Waals surface area (Å²) < 4.78 is 0. The van der Waals surface area contributed by atoms with Crippen LogP contribution in [0, 0.1) is 0 Å². The van der Waals surface area contributed by atoms with Crippen LogP contribution >= 0.6 is 11.6 Å². The van der Waals surface area contributed by atoms with Crippen molar-refractivity contribution in [1.29, 1.82) is 0 Å². The summed E-state index contributed by atoms with van der Waals surface area (Å²) in [5.41, 5.74) is 3.48. The van der Waals surface area contributed by atoms with E-state index >= 15 is 0 Å². The van der Waals surface area contributed by atoms with E-state index in [0.717, 1.165) is 16.8 Å². The maximum Gasteiger partial charge on any atom is 0.258 e. The Hall–Kier alpha value is -2.06. The third-order valence-electron chi connectivity index (χ3n) is 3.26. The fourth-order valence-corrected chi connectivity index (χ4v) is 2.45. The average molecular weight is 270 g/mol. The minimum absolute atomic E-state index is 0.00104. The SMILES string of the molecule is CN1C(=O)/C(=C/c2ccccc2)c2cc(Cl)ccc21. The van der Waals surface area contributed by atoms with Gasteiger partial charge in [0.15, 0.2) is 0 Å². The van der Waals surface area contributed by atoms with E-state index in [1.807, 2.05) is 48.5 Å². The van der Waals surface area contributed by atoms with Crippen LogP contribution in [-0.4, -0.2) is 13.0 Å². The standard InChI is InChI=1S/C16H12ClNO/c1-18-15-8-7-12(17)10-13(15)14(16(18)19)9-11-5-3-2-4-6-11/h2-10H,1H3/b14-9+. The zero-order chi connectivity index (χ0) is 13.4. The molecule has 2 aromatic rings. The first-order chi connectivity index (χ1) is 9.16. The van der Waals surface area contributed by atoms with Gasteiger partial charge >= 0.3 is 0 Å². The molecule has 3 rings (SSSR count). The summed E-state index contributed by atoms with van der Waals surface area (Å²) in [5.74, 6) is 0.00104. The molecule has 19 heavy (non-hydrogen) atoms. The van der Waals surface area contributed by atoms with Gasteiger partial charge in [0.2, 0.25) is 0 Å². The van der Waals surface area contributed by atoms with Crippen LogP contribution in [0.1, 0.15) is 11.1 Å². The molecule has 0 fully saturated rings. The molecule has 2 nitrogen and oxygen atoms in total. The molecule has 3 heteroatoms. The van der Waals surface area contributed by atoms with Gasteiger partial charge in [-0.1, -0.05) is 41.9 Å². The fourth-order valence-electron chi connectivity index (χ4n) is 2.28. The lowest BCUT2D eigenvalue weighted by Crippen LogP contribution is -2.20. The molecule has 0 bridgehead atoms. The number of carbonyl (C=O) groups is 1. The Balaban J connectivity index is 2.16. The van der Waals surface area contributed by atoms with Crippen LogP contribution in [0.4, 0.5) is 5.69 Å². The van der Waals surface area contributed by atoms with Crippen molar-refractivity contribution in [1.82, 2.24) is 0 Å². The van der Waals surface area contributed by atoms with Crippen molar-refractivity contribution >= 4 is 34.8 Å². The first-order valence-corrected chi connectivity index (χ1v) is 6.39. The maximum absolute atomic E-state index is 12.3. The van der Waals surface area contributed by atoms with E-state index in [1.54, 1.807) is 18.0 Å². The lowest BCUT2D eigenvalue weighted by Gasteiger charge is -2.08. The van der Waals surface area contributed by atoms with Gasteiger partial charge < -0.3 is 4.90 Å². The molecule has 0 unspecified atom stereocenters. The molecular formula is C16H12ClNO. The number of halogens is 1. The first kappa shape index (κ1) is 12.0. The molecule has 0 radical (unpaired) electrons. The van der Waals surface area contributed by atoms with Crippen LogP contribution in [0.3, 0.4) is 0 Å². The van der Waals surface area contributed by atoms with Crippen molar-refractivity contribution in [3.63, 3.8) is 0 Å². The zero-order valence-corrected chi connectivity index (χ0v) is 11.2. The number of anilines is 1. The fraction of sp³-hybridized carbons (Fsp3) is 0.0625. The molecule has 94 valence electrons. The summed E-state index contributed by atoms with van der Waals surface area (Å²) in [4.78, 5) is 13.9. The van der Waals surface area contributed by atoms with Crippen molar-refractivity contribution in [2.75, 3.05) is 11.9 Å². The molecule has 1 amide bonds. The Morgan fingerprint density at radius 1 is 1.11 bits per heavy atom. The highest BCUT2D eigenvalue weighted by Crippen LogP contribution is 2.38. The third-order valence-corrected chi connectivity index (χ3v) is 3.49. The summed E-state index contributed by atoms with van der Waals surface area (Å²) in [6.07, 6.45) is 1.90. The Morgan fingerprint density at radius 3 is 2.58 bits per heavy atom. The molecule has 0 aromatic heterocycles. The van der Waals surface area contributed by atoms with Crippen LogP contribution in [0.15, 0.2) is 48.5 Å². The third kappa shape index (κ3) is 2.04. The van der Waals surface area contributed by atoms with Crippen LogP contribution in [0.2, 0.25) is 5.02 Å². The number of amides is 1. The highest BCUT2D eigenvalue weighted by atomic mass is 35.5. The summed E-state index contributed by atoms with van der Waals surface area (Å²) in [6.45, 7) is 0. The predicted molar refractivity (Wildman–Crippen MR) is 79.2 cm³/mol. The number of nitrogens with zero attached hydrogens (tertiary/aromatic N) is 1. The molecular weight excluding hydrogens is 258 g/mol. The van der Waals surface area contributed by atoms with Gasteiger partial charge in [0.05, 0.1) is 5.69 Å². The van der Waals surface area contributed by atoms with Crippen molar-refractivity contribution < 1.29 is 4.79 Å². The average Bonchev–Trinajstić information content (AvgIpc) is 2.65. The number of hydrogen-bond donors (Lipinski definition) is 0. The number of benzene rings is 2. The lowest BCUT2D eigenvalue weighted by molar-refractivity contribution is -0.112. The molecule has 1 heterocycles. The van der Waals surface area contributed by atoms with E-state index in [9.17, 15) is 4.79 Å². The van der Waals surface area contributed by atoms with E-state index in [0.29, 0.717) is 10.6 Å². The highest BCUT2D eigenvalue weighted by molar-refractivity contribution is 6.37. The molecule has 0 N–H and O–H groups in total. The molecule has 2 aromatic carbocycles. The summed E-state index contributed by atoms with van der Waals surface area (Å²) in [7, 11) is 1.78. The molecule has 1 aliphatic rings. The van der Waals surface area contributed by atoms with E-state index in [2.05, 4.69) is 0 Å². The largest absolute Gasteiger partial charge is 0.311 e. The minimum atomic E-state index is 0.00104. The number of fused-ring (bicyclic) bond motifs is 1. The molecule has 1 aliphatic heterocycles. The van der Waals surface area contributed by atoms with Crippen molar-refractivity contribution in [3.05, 3.63) is 64.7 Å². The number of hydrogen-bond acceptors (Lipinski definition) is 1. The number of likely N-dealkylation sites (N-methyl/N-ethyl adjacent to an activating group) is 1. The van der Waals surface area contributed by atoms with E-state index < -0.39 is 0 Å². The van der Waals surface area contributed by atoms with Crippen molar-refractivity contribution in [2.45, 2.75) is 0 Å². The summed E-state index contributed by atoms with van der Waals surface area (Å²) in [6, 6.07) is 15.3. The van der Waals surface area contributed by atoms with E-state index in [4.69, 9.17) is 11.6 Å². The second kappa shape index (κ2) is 4.56. The van der Waals surface area contributed by atoms with Gasteiger partial charge in [-0.2, -0.15) is 0 Å². The van der Waals surface area contributed by atoms with Gasteiger partial charge in [-0.3, -0.25) is 4.79 Å². The van der Waals surface area contributed by atoms with E-state index in [1.165, 1.54) is 0 Å². The quantitative estimate of drug-likeness (QED) is 0.720. The predicted octanol–water partition coefficient (Wildman–Crippen LogP) is 3.86. The van der Waals surface area contributed by atoms with Gasteiger partial charge in [-0.15, -0.1) is 0 Å². The topological polar surface area (TPSA) is 20.3 Å². The van der Waals surface area contributed by atoms with Crippen LogP contribution in [0.5, 0.6) is 0 Å². The van der Waals surface area contributed by atoms with Gasteiger partial charge in [-0.25, -0.2) is 0 Å². The first-order valence-electron chi connectivity index (χ1n) is 6.01. The van der Waals surface area contributed by atoms with Gasteiger partial charge in [0.25, 0.3) is 5.91 Å². The van der Waals surface area contributed by atoms with Gasteiger partial charge in [0, 0.05) is 23.2 Å². The lowest BCUT2D eigenvalue weighted by atomic mass is 10.0. The van der Waals surface area contributed by atoms with Crippen LogP contribution in [-0.2, 0) is 4.79 Å². The Bertz CT molecular complexity index is 676. The maximum atomic E-state index is 12.3. The van der Waals surface area contributed by atoms with Crippen molar-refractivity contribution in [3.8, 4) is 0 Å². The summed E-state index contributed by atoms with van der Waals surface area (Å²) in [5, 5.41) is 0.640. The normalized spacial score (nSPS) is 16.0. The summed E-state index contributed by atoms with van der Waals surface area (Å²) >= 11 is 6.03. The monoisotopic (exact) mass is 269 g/mol.